The van der Waals surface area contributed by atoms with Crippen molar-refractivity contribution in [3.8, 4) is 0 Å². The van der Waals surface area contributed by atoms with Gasteiger partial charge in [-0.1, -0.05) is 212 Å². The van der Waals surface area contributed by atoms with Gasteiger partial charge in [0, 0.05) is 16.7 Å². The summed E-state index contributed by atoms with van der Waals surface area (Å²) in [7, 11) is 0. The Bertz CT molecular complexity index is 1600. The van der Waals surface area contributed by atoms with E-state index in [0.29, 0.717) is 0 Å². The summed E-state index contributed by atoms with van der Waals surface area (Å²) in [6, 6.07) is 74.9. The van der Waals surface area contributed by atoms with Gasteiger partial charge in [-0.25, -0.2) is 0 Å². The summed E-state index contributed by atoms with van der Waals surface area (Å²) in [6.45, 7) is 0. The van der Waals surface area contributed by atoms with Crippen LogP contribution in [0.1, 0.15) is 16.7 Å². The number of hydrogen-bond donors (Lipinski definition) is 1. The third-order valence-electron chi connectivity index (χ3n) is 9.00. The van der Waals surface area contributed by atoms with Gasteiger partial charge in [-0.3, -0.25) is 0 Å². The fraction of sp³-hybridized carbons (Fsp3) is 0.0233. The molecule has 0 aliphatic carbocycles. The number of hydrogen-bond acceptors (Lipinski definition) is 0. The topological polar surface area (TPSA) is 27.6 Å². The third kappa shape index (κ3) is 6.02. The van der Waals surface area contributed by atoms with E-state index in [2.05, 4.69) is 200 Å². The van der Waals surface area contributed by atoms with Crippen molar-refractivity contribution in [2.24, 2.45) is 0 Å². The molecule has 0 aliphatic heterocycles. The highest BCUT2D eigenvalue weighted by molar-refractivity contribution is 7.19. The Balaban J connectivity index is 0.000000163. The van der Waals surface area contributed by atoms with E-state index >= 15 is 0 Å². The molecular weight excluding hydrogens is 541 g/mol. The Labute approximate surface area is 267 Å². The van der Waals surface area contributed by atoms with Gasteiger partial charge >= 0.3 is 0 Å². The van der Waals surface area contributed by atoms with Gasteiger partial charge in [-0.05, 0) is 0 Å². The average Bonchev–Trinajstić information content (AvgIpc) is 3.15. The van der Waals surface area contributed by atoms with Crippen LogP contribution in [0, 0.1) is 0 Å². The first-order valence-electron chi connectivity index (χ1n) is 15.6. The number of benzene rings is 7. The highest BCUT2D eigenvalue weighted by Crippen LogP contribution is 2.31. The summed E-state index contributed by atoms with van der Waals surface area (Å²) in [5.74, 6) is 0. The Morgan fingerprint density at radius 3 is 0.644 bits per heavy atom. The summed E-state index contributed by atoms with van der Waals surface area (Å²) in [5.41, 5.74) is 13.2. The van der Waals surface area contributed by atoms with Crippen LogP contribution in [0.4, 0.5) is 0 Å². The summed E-state index contributed by atoms with van der Waals surface area (Å²) in [5, 5.41) is 0. The molecule has 2 heteroatoms. The predicted octanol–water partition coefficient (Wildman–Crippen LogP) is 6.28. The lowest BCUT2D eigenvalue weighted by molar-refractivity contribution is -0.455. The van der Waals surface area contributed by atoms with Crippen molar-refractivity contribution >= 4 is 28.0 Å². The maximum Gasteiger partial charge on any atom is 0.172 e. The highest BCUT2D eigenvalue weighted by Gasteiger charge is 2.35. The zero-order valence-corrected chi connectivity index (χ0v) is 25.5. The van der Waals surface area contributed by atoms with Gasteiger partial charge in [0.1, 0.15) is 6.15 Å². The molecule has 0 aromatic heterocycles. The molecule has 218 valence electrons. The number of quaternary nitrogens is 1. The second-order valence-corrected chi connectivity index (χ2v) is 11.5. The average molecular weight is 580 g/mol. The van der Waals surface area contributed by atoms with Gasteiger partial charge < -0.3 is 5.73 Å². The van der Waals surface area contributed by atoms with Crippen LogP contribution in [0.3, 0.4) is 0 Å². The van der Waals surface area contributed by atoms with E-state index in [1.54, 1.807) is 0 Å². The van der Waals surface area contributed by atoms with Crippen LogP contribution in [0.15, 0.2) is 212 Å². The summed E-state index contributed by atoms with van der Waals surface area (Å²) in [4.78, 5) is 0. The standard InChI is InChI=1S/C24H20B.C19H17N/c1-5-13-21(14-6-1)25(22-15-7-2-8-16-22,23-17-9-3-10-18-23)24-19-11-4-12-20-24;20-19(16-10-4-1-5-11-16,17-12-6-2-7-13-17)18-14-8-3-9-15-18/h1-20H;1-15H,20H2/q-1;/p+1. The molecule has 0 atom stereocenters. The fourth-order valence-corrected chi connectivity index (χ4v) is 6.79. The van der Waals surface area contributed by atoms with Crippen LogP contribution in [0.5, 0.6) is 0 Å². The molecule has 0 saturated carbocycles. The van der Waals surface area contributed by atoms with Crippen LogP contribution in [-0.4, -0.2) is 6.15 Å². The second kappa shape index (κ2) is 13.9. The largest absolute Gasteiger partial charge is 0.341 e. The van der Waals surface area contributed by atoms with E-state index in [9.17, 15) is 0 Å². The van der Waals surface area contributed by atoms with Crippen molar-refractivity contribution in [1.29, 1.82) is 0 Å². The predicted molar refractivity (Wildman–Crippen MR) is 192 cm³/mol. The van der Waals surface area contributed by atoms with Crippen LogP contribution in [0.25, 0.3) is 0 Å². The molecule has 0 unspecified atom stereocenters. The van der Waals surface area contributed by atoms with E-state index in [1.807, 2.05) is 18.2 Å². The van der Waals surface area contributed by atoms with Crippen molar-refractivity contribution in [2.75, 3.05) is 0 Å². The Morgan fingerprint density at radius 1 is 0.267 bits per heavy atom. The lowest BCUT2D eigenvalue weighted by atomic mass is 9.13. The molecule has 0 bridgehead atoms. The minimum atomic E-state index is -1.22. The maximum absolute atomic E-state index is 4.58. The first kappa shape index (κ1) is 29.6. The van der Waals surface area contributed by atoms with E-state index in [0.717, 1.165) is 0 Å². The van der Waals surface area contributed by atoms with Crippen molar-refractivity contribution in [3.05, 3.63) is 229 Å². The van der Waals surface area contributed by atoms with Gasteiger partial charge in [0.25, 0.3) is 0 Å². The van der Waals surface area contributed by atoms with Gasteiger partial charge in [-0.2, -0.15) is 21.9 Å². The van der Waals surface area contributed by atoms with Gasteiger partial charge in [0.2, 0.25) is 0 Å². The molecule has 0 heterocycles. The Hall–Kier alpha value is -5.44. The lowest BCUT2D eigenvalue weighted by Gasteiger charge is -2.44. The summed E-state index contributed by atoms with van der Waals surface area (Å²) < 4.78 is 0. The van der Waals surface area contributed by atoms with E-state index < -0.39 is 6.15 Å². The summed E-state index contributed by atoms with van der Waals surface area (Å²) in [6.07, 6.45) is -1.22. The van der Waals surface area contributed by atoms with Crippen LogP contribution < -0.4 is 27.6 Å². The highest BCUT2D eigenvalue weighted by atomic mass is 14.7. The Kier molecular flexibility index (Phi) is 9.15. The minimum absolute atomic E-state index is 0.371. The molecule has 7 aromatic rings. The first-order chi connectivity index (χ1) is 22.2. The summed E-state index contributed by atoms with van der Waals surface area (Å²) >= 11 is 0. The molecule has 0 amide bonds. The molecule has 7 rings (SSSR count). The van der Waals surface area contributed by atoms with Crippen molar-refractivity contribution in [1.82, 2.24) is 0 Å². The zero-order valence-electron chi connectivity index (χ0n) is 25.5. The lowest BCUT2D eigenvalue weighted by Crippen LogP contribution is -2.74. The van der Waals surface area contributed by atoms with Gasteiger partial charge in [0.15, 0.2) is 5.54 Å². The molecule has 0 saturated heterocycles. The van der Waals surface area contributed by atoms with E-state index in [1.165, 1.54) is 38.5 Å². The van der Waals surface area contributed by atoms with Crippen molar-refractivity contribution in [2.45, 2.75) is 5.54 Å². The van der Waals surface area contributed by atoms with E-state index in [4.69, 9.17) is 0 Å². The van der Waals surface area contributed by atoms with Crippen LogP contribution in [-0.2, 0) is 5.54 Å². The third-order valence-corrected chi connectivity index (χ3v) is 9.00. The quantitative estimate of drug-likeness (QED) is 0.170. The molecule has 1 nitrogen and oxygen atoms in total. The van der Waals surface area contributed by atoms with Crippen molar-refractivity contribution in [3.63, 3.8) is 0 Å². The Morgan fingerprint density at radius 2 is 0.444 bits per heavy atom. The van der Waals surface area contributed by atoms with Crippen LogP contribution >= 0.6 is 0 Å². The smallest absolute Gasteiger partial charge is 0.172 e. The maximum atomic E-state index is 4.58. The molecular formula is C43H38BN. The molecule has 3 N–H and O–H groups in total. The van der Waals surface area contributed by atoms with Crippen LogP contribution in [0.2, 0.25) is 0 Å². The fourth-order valence-electron chi connectivity index (χ4n) is 6.79. The molecule has 0 aliphatic rings. The molecule has 0 spiro atoms. The molecule has 0 radical (unpaired) electrons. The molecule has 45 heavy (non-hydrogen) atoms. The molecule has 7 aromatic carbocycles. The SMILES string of the molecule is [NH3+]C(c1ccccc1)(c1ccccc1)c1ccccc1.c1ccc([B-](c2ccccc2)(c2ccccc2)c2ccccc2)cc1. The monoisotopic (exact) mass is 579 g/mol. The number of rotatable bonds is 7. The normalized spacial score (nSPS) is 11.2. The zero-order chi connectivity index (χ0) is 30.8. The van der Waals surface area contributed by atoms with Gasteiger partial charge in [-0.15, -0.1) is 0 Å². The molecule has 0 fully saturated rings. The minimum Gasteiger partial charge on any atom is -0.341 e. The van der Waals surface area contributed by atoms with Gasteiger partial charge in [0.05, 0.1) is 0 Å². The van der Waals surface area contributed by atoms with Crippen molar-refractivity contribution < 1.29 is 5.73 Å². The second-order valence-electron chi connectivity index (χ2n) is 11.5. The first-order valence-corrected chi connectivity index (χ1v) is 15.6. The van der Waals surface area contributed by atoms with E-state index in [-0.39, 0.29) is 5.54 Å².